The van der Waals surface area contributed by atoms with Gasteiger partial charge in [0.25, 0.3) is 5.91 Å². The fourth-order valence-corrected chi connectivity index (χ4v) is 2.65. The number of hydrogen-bond donors (Lipinski definition) is 1. The van der Waals surface area contributed by atoms with Crippen molar-refractivity contribution in [1.82, 2.24) is 0 Å². The molecule has 0 aromatic heterocycles. The van der Waals surface area contributed by atoms with Crippen molar-refractivity contribution in [3.05, 3.63) is 78.4 Å². The van der Waals surface area contributed by atoms with Crippen molar-refractivity contribution in [2.45, 2.75) is 13.3 Å². The van der Waals surface area contributed by atoms with Gasteiger partial charge in [0.1, 0.15) is 17.2 Å². The predicted octanol–water partition coefficient (Wildman–Crippen LogP) is 5.10. The Hall–Kier alpha value is -3.80. The van der Waals surface area contributed by atoms with Gasteiger partial charge in [0.2, 0.25) is 0 Å². The molecule has 0 fully saturated rings. The van der Waals surface area contributed by atoms with Gasteiger partial charge < -0.3 is 19.5 Å². The van der Waals surface area contributed by atoms with Crippen molar-refractivity contribution >= 4 is 17.9 Å². The molecule has 0 aliphatic carbocycles. The van der Waals surface area contributed by atoms with E-state index in [1.165, 1.54) is 0 Å². The number of aldehydes is 1. The summed E-state index contributed by atoms with van der Waals surface area (Å²) in [6.45, 7) is 2.29. The van der Waals surface area contributed by atoms with E-state index in [0.717, 1.165) is 6.42 Å². The number of carbonyl (C=O) groups excluding carboxylic acids is 2. The van der Waals surface area contributed by atoms with Gasteiger partial charge in [-0.2, -0.15) is 0 Å². The molecule has 0 atom stereocenters. The quantitative estimate of drug-likeness (QED) is 0.475. The van der Waals surface area contributed by atoms with Crippen molar-refractivity contribution in [3.63, 3.8) is 0 Å². The molecular weight excluding hydrogens is 382 g/mol. The lowest BCUT2D eigenvalue weighted by Crippen LogP contribution is -2.20. The third kappa shape index (κ3) is 5.85. The van der Waals surface area contributed by atoms with E-state index in [1.54, 1.807) is 36.4 Å². The summed E-state index contributed by atoms with van der Waals surface area (Å²) >= 11 is 0. The molecule has 3 rings (SSSR count). The third-order valence-electron chi connectivity index (χ3n) is 4.08. The Bertz CT molecular complexity index is 988. The van der Waals surface area contributed by atoms with Gasteiger partial charge in [0, 0.05) is 6.07 Å². The maximum Gasteiger partial charge on any atom is 0.262 e. The summed E-state index contributed by atoms with van der Waals surface area (Å²) < 4.78 is 17.0. The smallest absolute Gasteiger partial charge is 0.262 e. The molecule has 1 N–H and O–H groups in total. The highest BCUT2D eigenvalue weighted by Gasteiger charge is 2.11. The molecule has 0 spiro atoms. The first-order chi connectivity index (χ1) is 14.7. The van der Waals surface area contributed by atoms with E-state index in [0.29, 0.717) is 47.1 Å². The highest BCUT2D eigenvalue weighted by atomic mass is 16.5. The topological polar surface area (TPSA) is 73.9 Å². The Kier molecular flexibility index (Phi) is 7.44. The molecule has 0 saturated carbocycles. The van der Waals surface area contributed by atoms with Crippen LogP contribution in [0.3, 0.4) is 0 Å². The fraction of sp³-hybridized carbons (Fsp3) is 0.167. The van der Waals surface area contributed by atoms with Crippen molar-refractivity contribution in [2.75, 3.05) is 18.5 Å². The van der Waals surface area contributed by atoms with Gasteiger partial charge in [0.05, 0.1) is 17.9 Å². The largest absolute Gasteiger partial charge is 0.493 e. The van der Waals surface area contributed by atoms with Crippen LogP contribution >= 0.6 is 0 Å². The minimum absolute atomic E-state index is 0.266. The van der Waals surface area contributed by atoms with Crippen molar-refractivity contribution in [3.8, 4) is 23.0 Å². The number of benzene rings is 3. The summed E-state index contributed by atoms with van der Waals surface area (Å²) in [7, 11) is 0. The lowest BCUT2D eigenvalue weighted by molar-refractivity contribution is -0.118. The summed E-state index contributed by atoms with van der Waals surface area (Å²) in [6.07, 6.45) is 1.54. The zero-order chi connectivity index (χ0) is 21.2. The molecule has 0 unspecified atom stereocenters. The SMILES string of the molecule is CCCOc1ccc(C=O)c(OCC(=O)Nc2ccccc2Oc2ccccc2)c1. The van der Waals surface area contributed by atoms with Crippen LogP contribution in [-0.2, 0) is 4.79 Å². The number of rotatable bonds is 10. The van der Waals surface area contributed by atoms with Crippen molar-refractivity contribution < 1.29 is 23.8 Å². The lowest BCUT2D eigenvalue weighted by atomic mass is 10.2. The fourth-order valence-electron chi connectivity index (χ4n) is 2.65. The number of para-hydroxylation sites is 3. The highest BCUT2D eigenvalue weighted by Crippen LogP contribution is 2.29. The average Bonchev–Trinajstić information content (AvgIpc) is 2.78. The van der Waals surface area contributed by atoms with Crippen LogP contribution in [0.1, 0.15) is 23.7 Å². The second-order valence-corrected chi connectivity index (χ2v) is 6.41. The predicted molar refractivity (Wildman–Crippen MR) is 115 cm³/mol. The van der Waals surface area contributed by atoms with E-state index in [9.17, 15) is 9.59 Å². The van der Waals surface area contributed by atoms with Crippen LogP contribution in [-0.4, -0.2) is 25.4 Å². The molecule has 3 aromatic carbocycles. The van der Waals surface area contributed by atoms with Crippen molar-refractivity contribution in [1.29, 1.82) is 0 Å². The Labute approximate surface area is 175 Å². The van der Waals surface area contributed by atoms with Gasteiger partial charge in [-0.05, 0) is 42.8 Å². The van der Waals surface area contributed by atoms with Gasteiger partial charge in [-0.1, -0.05) is 37.3 Å². The molecule has 0 heterocycles. The Balaban J connectivity index is 1.65. The second-order valence-electron chi connectivity index (χ2n) is 6.41. The van der Waals surface area contributed by atoms with Gasteiger partial charge in [-0.3, -0.25) is 9.59 Å². The normalized spacial score (nSPS) is 10.2. The summed E-state index contributed by atoms with van der Waals surface area (Å²) in [5, 5.41) is 2.78. The molecule has 0 saturated heterocycles. The molecule has 1 amide bonds. The van der Waals surface area contributed by atoms with Crippen LogP contribution in [0.25, 0.3) is 0 Å². The van der Waals surface area contributed by atoms with Crippen LogP contribution in [0, 0.1) is 0 Å². The van der Waals surface area contributed by atoms with E-state index in [-0.39, 0.29) is 12.5 Å². The first-order valence-corrected chi connectivity index (χ1v) is 9.66. The zero-order valence-electron chi connectivity index (χ0n) is 16.7. The minimum Gasteiger partial charge on any atom is -0.493 e. The van der Waals surface area contributed by atoms with E-state index >= 15 is 0 Å². The summed E-state index contributed by atoms with van der Waals surface area (Å²) in [5.41, 5.74) is 0.866. The van der Waals surface area contributed by atoms with Crippen LogP contribution in [0.5, 0.6) is 23.0 Å². The molecular formula is C24H23NO5. The standard InChI is InChI=1S/C24H23NO5/c1-2-14-28-20-13-12-18(16-26)23(15-20)29-17-24(27)25-21-10-6-7-11-22(21)30-19-8-4-3-5-9-19/h3-13,15-16H,2,14,17H2,1H3,(H,25,27). The molecule has 6 heteroatoms. The monoisotopic (exact) mass is 405 g/mol. The van der Waals surface area contributed by atoms with Gasteiger partial charge >= 0.3 is 0 Å². The lowest BCUT2D eigenvalue weighted by Gasteiger charge is -2.13. The zero-order valence-corrected chi connectivity index (χ0v) is 16.7. The first kappa shape index (κ1) is 20.9. The van der Waals surface area contributed by atoms with Crippen LogP contribution in [0.15, 0.2) is 72.8 Å². The Morgan fingerprint density at radius 2 is 1.67 bits per heavy atom. The number of amides is 1. The maximum atomic E-state index is 12.4. The number of carbonyl (C=O) groups is 2. The first-order valence-electron chi connectivity index (χ1n) is 9.66. The van der Waals surface area contributed by atoms with Crippen LogP contribution in [0.2, 0.25) is 0 Å². The molecule has 30 heavy (non-hydrogen) atoms. The molecule has 6 nitrogen and oxygen atoms in total. The van der Waals surface area contributed by atoms with Crippen LogP contribution < -0.4 is 19.5 Å². The number of ether oxygens (including phenoxy) is 3. The molecule has 154 valence electrons. The van der Waals surface area contributed by atoms with Crippen molar-refractivity contribution in [2.24, 2.45) is 0 Å². The van der Waals surface area contributed by atoms with E-state index in [1.807, 2.05) is 43.3 Å². The number of hydrogen-bond acceptors (Lipinski definition) is 5. The van der Waals surface area contributed by atoms with Gasteiger partial charge in [-0.25, -0.2) is 0 Å². The molecule has 0 aliphatic heterocycles. The maximum absolute atomic E-state index is 12.4. The molecule has 0 radical (unpaired) electrons. The third-order valence-corrected chi connectivity index (χ3v) is 4.08. The summed E-state index contributed by atoms with van der Waals surface area (Å²) in [4.78, 5) is 23.7. The average molecular weight is 405 g/mol. The summed E-state index contributed by atoms with van der Waals surface area (Å²) in [6, 6.07) is 21.3. The van der Waals surface area contributed by atoms with Crippen LogP contribution in [0.4, 0.5) is 5.69 Å². The minimum atomic E-state index is -0.379. The molecule has 0 aliphatic rings. The van der Waals surface area contributed by atoms with Gasteiger partial charge in [0.15, 0.2) is 18.6 Å². The summed E-state index contributed by atoms with van der Waals surface area (Å²) in [5.74, 6) is 1.67. The highest BCUT2D eigenvalue weighted by molar-refractivity contribution is 5.93. The van der Waals surface area contributed by atoms with Gasteiger partial charge in [-0.15, -0.1) is 0 Å². The van der Waals surface area contributed by atoms with E-state index in [2.05, 4.69) is 5.32 Å². The van der Waals surface area contributed by atoms with E-state index < -0.39 is 0 Å². The number of anilines is 1. The Morgan fingerprint density at radius 1 is 0.900 bits per heavy atom. The second kappa shape index (κ2) is 10.7. The molecule has 3 aromatic rings. The molecule has 0 bridgehead atoms. The van der Waals surface area contributed by atoms with E-state index in [4.69, 9.17) is 14.2 Å². The number of nitrogens with one attached hydrogen (secondary N) is 1. The Morgan fingerprint density at radius 3 is 2.43 bits per heavy atom.